The first-order valence-corrected chi connectivity index (χ1v) is 7.87. The normalized spacial score (nSPS) is 16.9. The van der Waals surface area contributed by atoms with E-state index in [4.69, 9.17) is 0 Å². The Morgan fingerprint density at radius 1 is 1.32 bits per heavy atom. The largest absolute Gasteiger partial charge is 0.311 e. The van der Waals surface area contributed by atoms with Gasteiger partial charge in [0.25, 0.3) is 0 Å². The number of anilines is 1. The van der Waals surface area contributed by atoms with Crippen LogP contribution in [0.4, 0.5) is 5.82 Å². The molecule has 0 aliphatic heterocycles. The van der Waals surface area contributed by atoms with Gasteiger partial charge in [0.1, 0.15) is 5.82 Å². The van der Waals surface area contributed by atoms with Crippen LogP contribution in [0.25, 0.3) is 0 Å². The van der Waals surface area contributed by atoms with Gasteiger partial charge in [-0.2, -0.15) is 0 Å². The van der Waals surface area contributed by atoms with Crippen molar-refractivity contribution in [3.8, 4) is 0 Å². The fourth-order valence-electron chi connectivity index (χ4n) is 2.64. The number of amides is 1. The maximum atomic E-state index is 12.0. The summed E-state index contributed by atoms with van der Waals surface area (Å²) in [7, 11) is 0. The summed E-state index contributed by atoms with van der Waals surface area (Å²) < 4.78 is 0.967. The number of pyridine rings is 1. The number of halogens is 1. The van der Waals surface area contributed by atoms with E-state index in [-0.39, 0.29) is 5.91 Å². The lowest BCUT2D eigenvalue weighted by Crippen LogP contribution is -2.17. The summed E-state index contributed by atoms with van der Waals surface area (Å²) in [6, 6.07) is 3.76. The highest BCUT2D eigenvalue weighted by Crippen LogP contribution is 2.25. The van der Waals surface area contributed by atoms with E-state index in [9.17, 15) is 4.79 Å². The molecule has 104 valence electrons. The van der Waals surface area contributed by atoms with Crippen molar-refractivity contribution in [2.24, 2.45) is 5.92 Å². The van der Waals surface area contributed by atoms with E-state index in [1.165, 1.54) is 38.5 Å². The second-order valence-electron chi connectivity index (χ2n) is 5.37. The Labute approximate surface area is 123 Å². The first-order valence-electron chi connectivity index (χ1n) is 7.08. The minimum atomic E-state index is 0.0983. The van der Waals surface area contributed by atoms with Gasteiger partial charge in [-0.25, -0.2) is 4.98 Å². The molecule has 1 saturated carbocycles. The molecule has 1 N–H and O–H groups in total. The number of aromatic nitrogens is 1. The van der Waals surface area contributed by atoms with Crippen molar-refractivity contribution < 1.29 is 4.79 Å². The molecule has 3 nitrogen and oxygen atoms in total. The summed E-state index contributed by atoms with van der Waals surface area (Å²) >= 11 is 3.41. The number of nitrogens with zero attached hydrogens (tertiary/aromatic N) is 1. The first kappa shape index (κ1) is 14.5. The molecule has 0 saturated heterocycles. The average Bonchev–Trinajstić information content (AvgIpc) is 2.62. The van der Waals surface area contributed by atoms with Crippen molar-refractivity contribution in [3.63, 3.8) is 0 Å². The number of hydrogen-bond acceptors (Lipinski definition) is 2. The van der Waals surface area contributed by atoms with Crippen LogP contribution in [0.3, 0.4) is 0 Å². The lowest BCUT2D eigenvalue weighted by atomic mass is 9.96. The second kappa shape index (κ2) is 7.04. The number of carbonyl (C=O) groups excluding carboxylic acids is 1. The topological polar surface area (TPSA) is 42.0 Å². The molecule has 1 aromatic rings. The van der Waals surface area contributed by atoms with Crippen molar-refractivity contribution in [1.29, 1.82) is 0 Å². The molecule has 1 aliphatic rings. The van der Waals surface area contributed by atoms with Gasteiger partial charge in [-0.05, 0) is 53.7 Å². The number of carbonyl (C=O) groups is 1. The Hall–Kier alpha value is -0.900. The zero-order chi connectivity index (χ0) is 13.7. The Balaban J connectivity index is 1.87. The fourth-order valence-corrected chi connectivity index (χ4v) is 2.86. The molecule has 2 rings (SSSR count). The minimum Gasteiger partial charge on any atom is -0.311 e. The van der Waals surface area contributed by atoms with Crippen LogP contribution in [0.2, 0.25) is 0 Å². The third kappa shape index (κ3) is 4.60. The van der Waals surface area contributed by atoms with Gasteiger partial charge >= 0.3 is 0 Å². The molecule has 0 spiro atoms. The smallest absolute Gasteiger partial charge is 0.225 e. The van der Waals surface area contributed by atoms with E-state index in [0.29, 0.717) is 18.2 Å². The number of rotatable bonds is 3. The summed E-state index contributed by atoms with van der Waals surface area (Å²) in [6.45, 7) is 1.92. The molecule has 4 heteroatoms. The number of nitrogens with one attached hydrogen (secondary N) is 1. The molecule has 19 heavy (non-hydrogen) atoms. The van der Waals surface area contributed by atoms with Crippen LogP contribution in [0, 0.1) is 12.8 Å². The van der Waals surface area contributed by atoms with Crippen molar-refractivity contribution in [2.45, 2.75) is 51.9 Å². The second-order valence-corrected chi connectivity index (χ2v) is 6.23. The van der Waals surface area contributed by atoms with Crippen molar-refractivity contribution in [3.05, 3.63) is 22.3 Å². The van der Waals surface area contributed by atoms with E-state index in [2.05, 4.69) is 26.2 Å². The summed E-state index contributed by atoms with van der Waals surface area (Å²) in [5.74, 6) is 1.31. The molecule has 1 aromatic heterocycles. The van der Waals surface area contributed by atoms with Gasteiger partial charge in [0.05, 0.1) is 5.69 Å². The molecular weight excluding hydrogens is 304 g/mol. The fraction of sp³-hybridized carbons (Fsp3) is 0.600. The van der Waals surface area contributed by atoms with Crippen LogP contribution in [0.1, 0.15) is 50.6 Å². The third-order valence-electron chi connectivity index (χ3n) is 3.74. The van der Waals surface area contributed by atoms with Crippen LogP contribution >= 0.6 is 15.9 Å². The van der Waals surface area contributed by atoms with Gasteiger partial charge in [-0.3, -0.25) is 4.79 Å². The zero-order valence-corrected chi connectivity index (χ0v) is 13.0. The highest BCUT2D eigenvalue weighted by atomic mass is 79.9. The Kier molecular flexibility index (Phi) is 5.37. The molecule has 1 amide bonds. The van der Waals surface area contributed by atoms with Gasteiger partial charge < -0.3 is 5.32 Å². The molecule has 1 aliphatic carbocycles. The van der Waals surface area contributed by atoms with Gasteiger partial charge in [-0.1, -0.05) is 25.7 Å². The summed E-state index contributed by atoms with van der Waals surface area (Å²) in [4.78, 5) is 16.4. The number of aryl methyl sites for hydroxylation is 1. The predicted molar refractivity (Wildman–Crippen MR) is 81.1 cm³/mol. The molecule has 0 unspecified atom stereocenters. The van der Waals surface area contributed by atoms with Crippen molar-refractivity contribution in [2.75, 3.05) is 5.32 Å². The van der Waals surface area contributed by atoms with Crippen molar-refractivity contribution in [1.82, 2.24) is 4.98 Å². The summed E-state index contributed by atoms with van der Waals surface area (Å²) in [5.41, 5.74) is 0.896. The minimum absolute atomic E-state index is 0.0983. The van der Waals surface area contributed by atoms with E-state index >= 15 is 0 Å². The van der Waals surface area contributed by atoms with Gasteiger partial charge in [0.15, 0.2) is 0 Å². The predicted octanol–water partition coefficient (Wildman–Crippen LogP) is 4.45. The third-order valence-corrected chi connectivity index (χ3v) is 4.58. The van der Waals surface area contributed by atoms with Crippen LogP contribution in [-0.2, 0) is 4.79 Å². The standard InChI is InChI=1S/C15H21BrN2O/c1-11-13(16)8-9-14(17-11)18-15(19)10-12-6-4-2-3-5-7-12/h8-9,12H,2-7,10H2,1H3,(H,17,18,19). The number of hydrogen-bond donors (Lipinski definition) is 1. The first-order chi connectivity index (χ1) is 9.15. The highest BCUT2D eigenvalue weighted by Gasteiger charge is 2.16. The molecule has 1 heterocycles. The quantitative estimate of drug-likeness (QED) is 0.834. The molecule has 0 aromatic carbocycles. The highest BCUT2D eigenvalue weighted by molar-refractivity contribution is 9.10. The molecule has 1 fully saturated rings. The van der Waals surface area contributed by atoms with E-state index in [0.717, 1.165) is 10.2 Å². The molecule has 0 radical (unpaired) electrons. The maximum Gasteiger partial charge on any atom is 0.225 e. The van der Waals surface area contributed by atoms with Crippen LogP contribution < -0.4 is 5.32 Å². The lowest BCUT2D eigenvalue weighted by Gasteiger charge is -2.13. The molecule has 0 bridgehead atoms. The van der Waals surface area contributed by atoms with Gasteiger partial charge in [0.2, 0.25) is 5.91 Å². The van der Waals surface area contributed by atoms with Gasteiger partial charge in [-0.15, -0.1) is 0 Å². The van der Waals surface area contributed by atoms with E-state index < -0.39 is 0 Å². The SMILES string of the molecule is Cc1nc(NC(=O)CC2CCCCCC2)ccc1Br. The Bertz CT molecular complexity index is 440. The molecule has 0 atom stereocenters. The summed E-state index contributed by atoms with van der Waals surface area (Å²) in [6.07, 6.45) is 8.22. The summed E-state index contributed by atoms with van der Waals surface area (Å²) in [5, 5.41) is 2.91. The zero-order valence-electron chi connectivity index (χ0n) is 11.4. The Morgan fingerprint density at radius 3 is 2.63 bits per heavy atom. The monoisotopic (exact) mass is 324 g/mol. The lowest BCUT2D eigenvalue weighted by molar-refractivity contribution is -0.117. The van der Waals surface area contributed by atoms with Gasteiger partial charge in [0, 0.05) is 10.9 Å². The average molecular weight is 325 g/mol. The van der Waals surface area contributed by atoms with Crippen LogP contribution in [0.5, 0.6) is 0 Å². The maximum absolute atomic E-state index is 12.0. The Morgan fingerprint density at radius 2 is 2.00 bits per heavy atom. The van der Waals surface area contributed by atoms with Crippen LogP contribution in [-0.4, -0.2) is 10.9 Å². The van der Waals surface area contributed by atoms with E-state index in [1.807, 2.05) is 19.1 Å². The molecular formula is C15H21BrN2O. The van der Waals surface area contributed by atoms with Crippen LogP contribution in [0.15, 0.2) is 16.6 Å². The van der Waals surface area contributed by atoms with E-state index in [1.54, 1.807) is 0 Å². The van der Waals surface area contributed by atoms with Crippen molar-refractivity contribution >= 4 is 27.7 Å².